The van der Waals surface area contributed by atoms with Crippen LogP contribution in [0.5, 0.6) is 0 Å². The van der Waals surface area contributed by atoms with Gasteiger partial charge < -0.3 is 11.1 Å². The Morgan fingerprint density at radius 1 is 1.27 bits per heavy atom. The van der Waals surface area contributed by atoms with Gasteiger partial charge in [-0.3, -0.25) is 14.5 Å². The number of benzene rings is 1. The SMILES string of the molecule is NC(=O)CN1CCc2ccc(NC(=O)c3cnn4cccnc34)cc2C1. The maximum atomic E-state index is 12.6. The molecule has 8 nitrogen and oxygen atoms in total. The molecule has 0 bridgehead atoms. The van der Waals surface area contributed by atoms with E-state index in [0.717, 1.165) is 18.5 Å². The van der Waals surface area contributed by atoms with E-state index in [1.165, 1.54) is 11.8 Å². The van der Waals surface area contributed by atoms with Crippen molar-refractivity contribution < 1.29 is 9.59 Å². The number of primary amides is 1. The van der Waals surface area contributed by atoms with Crippen molar-refractivity contribution in [3.05, 3.63) is 59.5 Å². The molecule has 0 spiro atoms. The van der Waals surface area contributed by atoms with Gasteiger partial charge in [0.05, 0.1) is 12.7 Å². The van der Waals surface area contributed by atoms with Gasteiger partial charge in [0, 0.05) is 31.2 Å². The van der Waals surface area contributed by atoms with Crippen LogP contribution in [0.1, 0.15) is 21.5 Å². The number of aromatic nitrogens is 3. The molecule has 0 fully saturated rings. The fourth-order valence-corrected chi connectivity index (χ4v) is 3.23. The molecule has 26 heavy (non-hydrogen) atoms. The van der Waals surface area contributed by atoms with Crippen LogP contribution in [0.3, 0.4) is 0 Å². The van der Waals surface area contributed by atoms with Gasteiger partial charge in [-0.05, 0) is 35.7 Å². The molecule has 3 aromatic rings. The molecule has 0 saturated heterocycles. The van der Waals surface area contributed by atoms with Crippen LogP contribution in [0.2, 0.25) is 0 Å². The first-order chi connectivity index (χ1) is 12.6. The molecular weight excluding hydrogens is 332 g/mol. The average Bonchev–Trinajstić information content (AvgIpc) is 3.05. The first-order valence-electron chi connectivity index (χ1n) is 8.32. The molecule has 4 rings (SSSR count). The number of carbonyl (C=O) groups excluding carboxylic acids is 2. The van der Waals surface area contributed by atoms with Gasteiger partial charge in [-0.15, -0.1) is 0 Å². The van der Waals surface area contributed by atoms with E-state index in [0.29, 0.717) is 23.4 Å². The highest BCUT2D eigenvalue weighted by atomic mass is 16.2. The number of hydrogen-bond acceptors (Lipinski definition) is 5. The maximum Gasteiger partial charge on any atom is 0.261 e. The quantitative estimate of drug-likeness (QED) is 0.725. The summed E-state index contributed by atoms with van der Waals surface area (Å²) in [5.74, 6) is -0.595. The van der Waals surface area contributed by atoms with Crippen LogP contribution in [-0.2, 0) is 17.8 Å². The Morgan fingerprint density at radius 3 is 3.00 bits per heavy atom. The van der Waals surface area contributed by atoms with Gasteiger partial charge in [0.25, 0.3) is 5.91 Å². The van der Waals surface area contributed by atoms with Crippen LogP contribution in [0.15, 0.2) is 42.9 Å². The van der Waals surface area contributed by atoms with E-state index in [-0.39, 0.29) is 18.4 Å². The standard InChI is InChI=1S/C18H18N6O2/c19-16(25)11-23-7-4-12-2-3-14(8-13(12)10-23)22-18(26)15-9-21-24-6-1-5-20-17(15)24/h1-3,5-6,8-9H,4,7,10-11H2,(H2,19,25)(H,22,26). The number of amides is 2. The smallest absolute Gasteiger partial charge is 0.261 e. The third-order valence-corrected chi connectivity index (χ3v) is 4.46. The lowest BCUT2D eigenvalue weighted by Gasteiger charge is -2.28. The molecular formula is C18H18N6O2. The van der Waals surface area contributed by atoms with Gasteiger partial charge in [-0.2, -0.15) is 5.10 Å². The lowest BCUT2D eigenvalue weighted by atomic mass is 9.99. The van der Waals surface area contributed by atoms with Crippen molar-refractivity contribution in [1.29, 1.82) is 0 Å². The van der Waals surface area contributed by atoms with Gasteiger partial charge in [-0.1, -0.05) is 6.07 Å². The highest BCUT2D eigenvalue weighted by Gasteiger charge is 2.19. The molecule has 1 aliphatic rings. The highest BCUT2D eigenvalue weighted by molar-refractivity contribution is 6.08. The topological polar surface area (TPSA) is 106 Å². The fraction of sp³-hybridized carbons (Fsp3) is 0.222. The maximum absolute atomic E-state index is 12.6. The van der Waals surface area contributed by atoms with Crippen molar-refractivity contribution in [3.63, 3.8) is 0 Å². The summed E-state index contributed by atoms with van der Waals surface area (Å²) in [6, 6.07) is 7.60. The van der Waals surface area contributed by atoms with Crippen molar-refractivity contribution in [2.75, 3.05) is 18.4 Å². The van der Waals surface area contributed by atoms with Crippen molar-refractivity contribution in [2.45, 2.75) is 13.0 Å². The molecule has 132 valence electrons. The molecule has 0 atom stereocenters. The summed E-state index contributed by atoms with van der Waals surface area (Å²) in [7, 11) is 0. The molecule has 0 saturated carbocycles. The van der Waals surface area contributed by atoms with Gasteiger partial charge >= 0.3 is 0 Å². The minimum absolute atomic E-state index is 0.240. The Balaban J connectivity index is 1.54. The fourth-order valence-electron chi connectivity index (χ4n) is 3.23. The molecule has 0 radical (unpaired) electrons. The number of anilines is 1. The van der Waals surface area contributed by atoms with Gasteiger partial charge in [-0.25, -0.2) is 9.50 Å². The molecule has 1 aliphatic heterocycles. The first-order valence-corrected chi connectivity index (χ1v) is 8.32. The lowest BCUT2D eigenvalue weighted by molar-refractivity contribution is -0.119. The summed E-state index contributed by atoms with van der Waals surface area (Å²) in [4.78, 5) is 29.9. The molecule has 3 N–H and O–H groups in total. The van der Waals surface area contributed by atoms with Gasteiger partial charge in [0.1, 0.15) is 5.56 Å². The van der Waals surface area contributed by atoms with E-state index in [1.54, 1.807) is 23.0 Å². The van der Waals surface area contributed by atoms with Crippen molar-refractivity contribution in [2.24, 2.45) is 5.73 Å². The Morgan fingerprint density at radius 2 is 2.15 bits per heavy atom. The molecule has 0 aliphatic carbocycles. The predicted molar refractivity (Wildman–Crippen MR) is 95.6 cm³/mol. The zero-order chi connectivity index (χ0) is 18.1. The Labute approximate surface area is 149 Å². The second-order valence-corrected chi connectivity index (χ2v) is 6.31. The number of hydrogen-bond donors (Lipinski definition) is 2. The minimum atomic E-state index is -0.335. The highest BCUT2D eigenvalue weighted by Crippen LogP contribution is 2.23. The van der Waals surface area contributed by atoms with Gasteiger partial charge in [0.15, 0.2) is 5.65 Å². The largest absolute Gasteiger partial charge is 0.369 e. The molecule has 1 aromatic carbocycles. The molecule has 8 heteroatoms. The summed E-state index contributed by atoms with van der Waals surface area (Å²) >= 11 is 0. The first kappa shape index (κ1) is 16.2. The van der Waals surface area contributed by atoms with Gasteiger partial charge in [0.2, 0.25) is 5.91 Å². The minimum Gasteiger partial charge on any atom is -0.369 e. The third-order valence-electron chi connectivity index (χ3n) is 4.46. The van der Waals surface area contributed by atoms with Crippen molar-refractivity contribution >= 4 is 23.1 Å². The predicted octanol–water partition coefficient (Wildman–Crippen LogP) is 0.825. The van der Waals surface area contributed by atoms with E-state index in [1.807, 2.05) is 23.1 Å². The van der Waals surface area contributed by atoms with Crippen LogP contribution < -0.4 is 11.1 Å². The second-order valence-electron chi connectivity index (χ2n) is 6.31. The Kier molecular flexibility index (Phi) is 4.10. The summed E-state index contributed by atoms with van der Waals surface area (Å²) < 4.78 is 1.56. The Bertz CT molecular complexity index is 996. The Hall–Kier alpha value is -3.26. The number of fused-ring (bicyclic) bond motifs is 2. The number of nitrogens with zero attached hydrogens (tertiary/aromatic N) is 4. The van der Waals surface area contributed by atoms with Crippen LogP contribution in [0, 0.1) is 0 Å². The number of carbonyl (C=O) groups is 2. The van der Waals surface area contributed by atoms with E-state index < -0.39 is 0 Å². The van der Waals surface area contributed by atoms with E-state index in [4.69, 9.17) is 5.73 Å². The summed E-state index contributed by atoms with van der Waals surface area (Å²) in [6.07, 6.45) is 5.73. The van der Waals surface area contributed by atoms with Crippen LogP contribution in [-0.4, -0.2) is 44.4 Å². The summed E-state index contributed by atoms with van der Waals surface area (Å²) in [6.45, 7) is 1.68. The van der Waals surface area contributed by atoms with Crippen LogP contribution in [0.25, 0.3) is 5.65 Å². The molecule has 2 aromatic heterocycles. The van der Waals surface area contributed by atoms with Crippen molar-refractivity contribution in [3.8, 4) is 0 Å². The number of nitrogens with two attached hydrogens (primary N) is 1. The average molecular weight is 350 g/mol. The van der Waals surface area contributed by atoms with Crippen molar-refractivity contribution in [1.82, 2.24) is 19.5 Å². The number of nitrogens with one attached hydrogen (secondary N) is 1. The molecule has 2 amide bonds. The molecule has 3 heterocycles. The zero-order valence-corrected chi connectivity index (χ0v) is 14.1. The van der Waals surface area contributed by atoms with Crippen LogP contribution in [0.4, 0.5) is 5.69 Å². The zero-order valence-electron chi connectivity index (χ0n) is 14.1. The monoisotopic (exact) mass is 350 g/mol. The normalized spacial score (nSPS) is 14.2. The van der Waals surface area contributed by atoms with E-state index in [9.17, 15) is 9.59 Å². The van der Waals surface area contributed by atoms with E-state index >= 15 is 0 Å². The molecule has 0 unspecified atom stereocenters. The van der Waals surface area contributed by atoms with E-state index in [2.05, 4.69) is 15.4 Å². The van der Waals surface area contributed by atoms with Crippen LogP contribution >= 0.6 is 0 Å². The second kappa shape index (κ2) is 6.57. The summed E-state index contributed by atoms with van der Waals surface area (Å²) in [5, 5.41) is 7.03. The third kappa shape index (κ3) is 3.14. The lowest BCUT2D eigenvalue weighted by Crippen LogP contribution is -2.37. The summed E-state index contributed by atoms with van der Waals surface area (Å²) in [5.41, 5.74) is 9.23. The number of rotatable bonds is 4.